The van der Waals surface area contributed by atoms with Gasteiger partial charge in [-0.25, -0.2) is 8.78 Å². The van der Waals surface area contributed by atoms with Gasteiger partial charge in [0.05, 0.1) is 5.69 Å². The van der Waals surface area contributed by atoms with Crippen LogP contribution in [0.15, 0.2) is 12.1 Å². The lowest BCUT2D eigenvalue weighted by Crippen LogP contribution is -2.28. The van der Waals surface area contributed by atoms with Crippen molar-refractivity contribution in [2.24, 2.45) is 0 Å². The Morgan fingerprint density at radius 3 is 2.62 bits per heavy atom. The molecular weight excluding hydrogens is 210 g/mol. The van der Waals surface area contributed by atoms with Gasteiger partial charge in [-0.05, 0) is 25.2 Å². The highest BCUT2D eigenvalue weighted by Crippen LogP contribution is 2.14. The highest BCUT2D eigenvalue weighted by molar-refractivity contribution is 5.44. The summed E-state index contributed by atoms with van der Waals surface area (Å²) in [5.74, 6) is -1.02. The summed E-state index contributed by atoms with van der Waals surface area (Å²) in [5.41, 5.74) is 0.173. The molecule has 0 saturated carbocycles. The van der Waals surface area contributed by atoms with Crippen LogP contribution < -0.4 is 5.32 Å². The van der Waals surface area contributed by atoms with E-state index in [9.17, 15) is 8.78 Å². The van der Waals surface area contributed by atoms with Crippen molar-refractivity contribution in [3.05, 3.63) is 29.8 Å². The second kappa shape index (κ2) is 6.43. The zero-order chi connectivity index (χ0) is 12.0. The minimum Gasteiger partial charge on any atom is -0.381 e. The van der Waals surface area contributed by atoms with Crippen molar-refractivity contribution < 1.29 is 8.78 Å². The topological polar surface area (TPSA) is 15.3 Å². The average molecular weight is 227 g/mol. The summed E-state index contributed by atoms with van der Waals surface area (Å²) in [7, 11) is 0. The molecule has 0 aliphatic heterocycles. The first-order valence-corrected chi connectivity index (χ1v) is 5.50. The molecule has 0 atom stereocenters. The first kappa shape index (κ1) is 12.9. The normalized spacial score (nSPS) is 10.8. The molecule has 4 heteroatoms. The molecule has 1 aromatic rings. The molecule has 0 amide bonds. The largest absolute Gasteiger partial charge is 0.381 e. The minimum absolute atomic E-state index is 0.173. The summed E-state index contributed by atoms with van der Waals surface area (Å²) in [5, 5.41) is 2.86. The van der Waals surface area contributed by atoms with E-state index in [1.54, 1.807) is 0 Å². The Labute approximate surface area is 95.3 Å². The molecule has 1 radical (unpaired) electrons. The predicted molar refractivity (Wildman–Crippen MR) is 61.5 cm³/mol. The van der Waals surface area contributed by atoms with Crippen molar-refractivity contribution in [2.45, 2.75) is 13.8 Å². The van der Waals surface area contributed by atoms with Gasteiger partial charge in [0.1, 0.15) is 5.82 Å². The zero-order valence-corrected chi connectivity index (χ0v) is 9.69. The van der Waals surface area contributed by atoms with E-state index >= 15 is 0 Å². The van der Waals surface area contributed by atoms with Gasteiger partial charge in [-0.2, -0.15) is 0 Å². The number of nitrogens with one attached hydrogen (secondary N) is 1. The van der Waals surface area contributed by atoms with Crippen molar-refractivity contribution in [3.8, 4) is 0 Å². The maximum absolute atomic E-state index is 13.2. The predicted octanol–water partition coefficient (Wildman–Crippen LogP) is 2.52. The number of likely N-dealkylation sites (N-methyl/N-ethyl adjacent to an activating group) is 1. The van der Waals surface area contributed by atoms with E-state index in [0.29, 0.717) is 6.54 Å². The number of hydrogen-bond donors (Lipinski definition) is 1. The van der Waals surface area contributed by atoms with E-state index in [-0.39, 0.29) is 5.69 Å². The third-order valence-corrected chi connectivity index (χ3v) is 2.49. The van der Waals surface area contributed by atoms with Crippen LogP contribution in [0, 0.1) is 17.7 Å². The molecule has 89 valence electrons. The summed E-state index contributed by atoms with van der Waals surface area (Å²) in [6.45, 7) is 7.45. The third kappa shape index (κ3) is 3.77. The summed E-state index contributed by atoms with van der Waals surface area (Å²) < 4.78 is 26.0. The molecule has 16 heavy (non-hydrogen) atoms. The molecular formula is C12H17F2N2. The zero-order valence-electron chi connectivity index (χ0n) is 9.69. The monoisotopic (exact) mass is 227 g/mol. The Balaban J connectivity index is 2.45. The fraction of sp³-hybridized carbons (Fsp3) is 0.500. The summed E-state index contributed by atoms with van der Waals surface area (Å²) in [6.07, 6.45) is 0. The van der Waals surface area contributed by atoms with Gasteiger partial charge in [0, 0.05) is 19.2 Å². The fourth-order valence-corrected chi connectivity index (χ4v) is 1.47. The lowest BCUT2D eigenvalue weighted by Gasteiger charge is -2.18. The summed E-state index contributed by atoms with van der Waals surface area (Å²) >= 11 is 0. The molecule has 1 aromatic carbocycles. The SMILES string of the molecule is CCN(CC)CCNc1cc(F)c[c]c1F. The van der Waals surface area contributed by atoms with Crippen LogP contribution in [0.1, 0.15) is 13.8 Å². The smallest absolute Gasteiger partial charge is 0.154 e. The highest BCUT2D eigenvalue weighted by Gasteiger charge is 2.04. The first-order chi connectivity index (χ1) is 7.67. The van der Waals surface area contributed by atoms with E-state index in [1.807, 2.05) is 0 Å². The summed E-state index contributed by atoms with van der Waals surface area (Å²) in [6, 6.07) is 4.35. The van der Waals surface area contributed by atoms with Gasteiger partial charge in [0.25, 0.3) is 0 Å². The van der Waals surface area contributed by atoms with Crippen LogP contribution in [0.4, 0.5) is 14.5 Å². The standard InChI is InChI=1S/C12H17F2N2/c1-3-16(4-2)8-7-15-12-9-10(13)5-6-11(12)14/h5,9,15H,3-4,7-8H2,1-2H3. The van der Waals surface area contributed by atoms with Crippen molar-refractivity contribution in [1.82, 2.24) is 4.90 Å². The van der Waals surface area contributed by atoms with Gasteiger partial charge in [-0.15, -0.1) is 0 Å². The minimum atomic E-state index is -0.541. The number of nitrogens with zero attached hydrogens (tertiary/aromatic N) is 1. The number of halogens is 2. The first-order valence-electron chi connectivity index (χ1n) is 5.50. The molecule has 1 rings (SSSR count). The van der Waals surface area contributed by atoms with Gasteiger partial charge in [0.2, 0.25) is 0 Å². The molecule has 0 aliphatic carbocycles. The molecule has 2 nitrogen and oxygen atoms in total. The molecule has 0 spiro atoms. The van der Waals surface area contributed by atoms with E-state index in [1.165, 1.54) is 0 Å². The van der Waals surface area contributed by atoms with Crippen LogP contribution in [0.3, 0.4) is 0 Å². The van der Waals surface area contributed by atoms with Gasteiger partial charge in [0.15, 0.2) is 5.82 Å². The van der Waals surface area contributed by atoms with Gasteiger partial charge in [-0.1, -0.05) is 13.8 Å². The van der Waals surface area contributed by atoms with Crippen molar-refractivity contribution in [1.29, 1.82) is 0 Å². The Morgan fingerprint density at radius 1 is 1.31 bits per heavy atom. The molecule has 0 heterocycles. The van der Waals surface area contributed by atoms with Crippen LogP contribution in [0.5, 0.6) is 0 Å². The third-order valence-electron chi connectivity index (χ3n) is 2.49. The quantitative estimate of drug-likeness (QED) is 0.803. The number of benzene rings is 1. The van der Waals surface area contributed by atoms with Gasteiger partial charge < -0.3 is 10.2 Å². The number of rotatable bonds is 6. The fourth-order valence-electron chi connectivity index (χ4n) is 1.47. The average Bonchev–Trinajstić information content (AvgIpc) is 2.29. The molecule has 0 saturated heterocycles. The number of hydrogen-bond acceptors (Lipinski definition) is 2. The second-order valence-corrected chi connectivity index (χ2v) is 3.50. The summed E-state index contributed by atoms with van der Waals surface area (Å²) in [4.78, 5) is 2.20. The van der Waals surface area contributed by atoms with Crippen LogP contribution in [0.25, 0.3) is 0 Å². The van der Waals surface area contributed by atoms with E-state index in [2.05, 4.69) is 30.1 Å². The molecule has 0 unspecified atom stereocenters. The van der Waals surface area contributed by atoms with Crippen LogP contribution in [-0.2, 0) is 0 Å². The Morgan fingerprint density at radius 2 is 2.00 bits per heavy atom. The molecule has 0 fully saturated rings. The lowest BCUT2D eigenvalue weighted by atomic mass is 10.3. The second-order valence-electron chi connectivity index (χ2n) is 3.50. The molecule has 0 aromatic heterocycles. The van der Waals surface area contributed by atoms with E-state index in [4.69, 9.17) is 0 Å². The maximum Gasteiger partial charge on any atom is 0.154 e. The number of anilines is 1. The van der Waals surface area contributed by atoms with Gasteiger partial charge in [-0.3, -0.25) is 0 Å². The molecule has 0 bridgehead atoms. The van der Waals surface area contributed by atoms with Crippen molar-refractivity contribution >= 4 is 5.69 Å². The Bertz CT molecular complexity index is 325. The van der Waals surface area contributed by atoms with Crippen molar-refractivity contribution in [3.63, 3.8) is 0 Å². The van der Waals surface area contributed by atoms with E-state index < -0.39 is 11.6 Å². The van der Waals surface area contributed by atoms with Crippen molar-refractivity contribution in [2.75, 3.05) is 31.5 Å². The van der Waals surface area contributed by atoms with Gasteiger partial charge >= 0.3 is 0 Å². The van der Waals surface area contributed by atoms with Crippen LogP contribution in [-0.4, -0.2) is 31.1 Å². The van der Waals surface area contributed by atoms with Crippen LogP contribution >= 0.6 is 0 Å². The molecule has 0 aliphatic rings. The van der Waals surface area contributed by atoms with E-state index in [0.717, 1.165) is 31.8 Å². The maximum atomic E-state index is 13.2. The lowest BCUT2D eigenvalue weighted by molar-refractivity contribution is 0.316. The Kier molecular flexibility index (Phi) is 5.19. The molecule has 1 N–H and O–H groups in total. The Hall–Kier alpha value is -1.16. The highest BCUT2D eigenvalue weighted by atomic mass is 19.1. The van der Waals surface area contributed by atoms with Crippen LogP contribution in [0.2, 0.25) is 0 Å².